The number of hydrogen-bond donors (Lipinski definition) is 4. The van der Waals surface area contributed by atoms with Gasteiger partial charge in [0.1, 0.15) is 0 Å². The molecule has 10 nitrogen and oxygen atoms in total. The third kappa shape index (κ3) is 6.51. The van der Waals surface area contributed by atoms with Crippen molar-refractivity contribution < 1.29 is 9.63 Å². The van der Waals surface area contributed by atoms with Crippen LogP contribution in [0.4, 0.5) is 23.5 Å². The van der Waals surface area contributed by atoms with Gasteiger partial charge in [0.15, 0.2) is 0 Å². The second kappa shape index (κ2) is 10.1. The summed E-state index contributed by atoms with van der Waals surface area (Å²) < 4.78 is 0. The summed E-state index contributed by atoms with van der Waals surface area (Å²) in [6.07, 6.45) is 1.01. The van der Waals surface area contributed by atoms with Crippen molar-refractivity contribution in [1.29, 1.82) is 0 Å². The average molecular weight is 443 g/mol. The summed E-state index contributed by atoms with van der Waals surface area (Å²) in [7, 11) is 3.38. The maximum atomic E-state index is 12.2. The summed E-state index contributed by atoms with van der Waals surface area (Å²) in [6, 6.07) is 5.63. The number of hydrogen-bond acceptors (Lipinski definition) is 9. The molecule has 32 heavy (non-hydrogen) atoms. The molecule has 2 aromatic rings. The Labute approximate surface area is 189 Å². The zero-order valence-electron chi connectivity index (χ0n) is 19.7. The molecular weight excluding hydrogens is 408 g/mol. The van der Waals surface area contributed by atoms with Gasteiger partial charge in [0, 0.05) is 37.4 Å². The molecule has 0 spiro atoms. The Hall–Kier alpha value is -2.98. The Morgan fingerprint density at radius 1 is 1.25 bits per heavy atom. The minimum Gasteiger partial charge on any atom is -0.350 e. The molecule has 1 unspecified atom stereocenters. The van der Waals surface area contributed by atoms with Crippen LogP contribution in [0, 0.1) is 12.3 Å². The molecule has 0 saturated carbocycles. The maximum absolute atomic E-state index is 12.2. The first-order valence-corrected chi connectivity index (χ1v) is 10.8. The summed E-state index contributed by atoms with van der Waals surface area (Å²) in [6.45, 7) is 11.1. The number of nitrogens with one attached hydrogen (secondary N) is 4. The third-order valence-corrected chi connectivity index (χ3v) is 5.01. The predicted molar refractivity (Wildman–Crippen MR) is 126 cm³/mol. The lowest BCUT2D eigenvalue weighted by molar-refractivity contribution is 0.0537. The first-order chi connectivity index (χ1) is 15.1. The largest absolute Gasteiger partial charge is 0.350 e. The van der Waals surface area contributed by atoms with Crippen molar-refractivity contribution in [2.75, 3.05) is 49.3 Å². The van der Waals surface area contributed by atoms with Crippen molar-refractivity contribution in [2.45, 2.75) is 40.2 Å². The summed E-state index contributed by atoms with van der Waals surface area (Å²) in [5.41, 5.74) is 4.58. The number of aryl methyl sites for hydroxylation is 1. The van der Waals surface area contributed by atoms with E-state index in [4.69, 9.17) is 4.84 Å². The van der Waals surface area contributed by atoms with Crippen LogP contribution >= 0.6 is 0 Å². The number of rotatable bonds is 8. The first-order valence-electron chi connectivity index (χ1n) is 10.8. The van der Waals surface area contributed by atoms with Gasteiger partial charge in [-0.25, -0.2) is 5.48 Å². The molecule has 1 atom stereocenters. The lowest BCUT2D eigenvalue weighted by Crippen LogP contribution is -2.31. The number of nitrogens with zero attached hydrogens (tertiary/aromatic N) is 4. The van der Waals surface area contributed by atoms with Crippen molar-refractivity contribution in [1.82, 2.24) is 25.7 Å². The minimum atomic E-state index is -0.326. The molecule has 1 aliphatic rings. The molecular formula is C22H34N8O2. The molecule has 0 bridgehead atoms. The van der Waals surface area contributed by atoms with E-state index in [0.29, 0.717) is 23.4 Å². The lowest BCUT2D eigenvalue weighted by atomic mass is 9.96. The van der Waals surface area contributed by atoms with Crippen LogP contribution in [0.25, 0.3) is 0 Å². The van der Waals surface area contributed by atoms with Crippen molar-refractivity contribution in [3.63, 3.8) is 0 Å². The molecule has 1 aromatic heterocycles. The topological polar surface area (TPSA) is 116 Å². The van der Waals surface area contributed by atoms with E-state index >= 15 is 0 Å². The summed E-state index contributed by atoms with van der Waals surface area (Å²) >= 11 is 0. The summed E-state index contributed by atoms with van der Waals surface area (Å²) in [4.78, 5) is 32.8. The molecule has 10 heteroatoms. The Kier molecular flexibility index (Phi) is 7.47. The number of carbonyl (C=O) groups excluding carboxylic acids is 1. The number of amides is 1. The molecule has 4 N–H and O–H groups in total. The van der Waals surface area contributed by atoms with Crippen LogP contribution in [-0.4, -0.2) is 60.7 Å². The monoisotopic (exact) mass is 442 g/mol. The van der Waals surface area contributed by atoms with Gasteiger partial charge in [-0.15, -0.1) is 0 Å². The molecule has 174 valence electrons. The predicted octanol–water partition coefficient (Wildman–Crippen LogP) is 2.47. The Morgan fingerprint density at radius 2 is 2.00 bits per heavy atom. The van der Waals surface area contributed by atoms with E-state index in [1.54, 1.807) is 12.1 Å². The van der Waals surface area contributed by atoms with Gasteiger partial charge in [-0.3, -0.25) is 9.63 Å². The van der Waals surface area contributed by atoms with Gasteiger partial charge in [-0.2, -0.15) is 15.0 Å². The smallest absolute Gasteiger partial charge is 0.274 e. The van der Waals surface area contributed by atoms with Gasteiger partial charge in [-0.05, 0) is 43.0 Å². The molecule has 1 saturated heterocycles. The van der Waals surface area contributed by atoms with Crippen LogP contribution in [0.3, 0.4) is 0 Å². The molecule has 0 aliphatic carbocycles. The van der Waals surface area contributed by atoms with Gasteiger partial charge >= 0.3 is 0 Å². The number of aromatic nitrogens is 3. The van der Waals surface area contributed by atoms with Crippen LogP contribution in [0.2, 0.25) is 0 Å². The van der Waals surface area contributed by atoms with Gasteiger partial charge in [0.2, 0.25) is 17.8 Å². The van der Waals surface area contributed by atoms with E-state index in [1.165, 1.54) is 7.11 Å². The Morgan fingerprint density at radius 3 is 2.66 bits per heavy atom. The second-order valence-corrected chi connectivity index (χ2v) is 9.32. The molecule has 1 aromatic carbocycles. The summed E-state index contributed by atoms with van der Waals surface area (Å²) in [5, 5.41) is 10.0. The SMILES string of the molecule is CONC(=O)c1ccc(C)c(Nc2nc(NC3CCNC3)nc(N(C)CC(C)(C)C)n2)c1. The molecule has 2 heterocycles. The quantitative estimate of drug-likeness (QED) is 0.457. The van der Waals surface area contributed by atoms with E-state index in [0.717, 1.165) is 37.3 Å². The van der Waals surface area contributed by atoms with Crippen molar-refractivity contribution in [3.05, 3.63) is 29.3 Å². The number of benzene rings is 1. The standard InChI is InChI=1S/C22H34N8O2/c1-14-7-8-15(18(31)29-32-6)11-17(14)25-20-26-19(24-16-9-10-23-12-16)27-21(28-20)30(5)13-22(2,3)4/h7-8,11,16,23H,9-10,12-13H2,1-6H3,(H,29,31)(H2,24,25,26,27,28). The zero-order chi connectivity index (χ0) is 23.3. The average Bonchev–Trinajstić information content (AvgIpc) is 3.21. The van der Waals surface area contributed by atoms with Crippen molar-refractivity contribution >= 4 is 29.4 Å². The Balaban J connectivity index is 1.91. The fourth-order valence-electron chi connectivity index (χ4n) is 3.57. The highest BCUT2D eigenvalue weighted by molar-refractivity contribution is 5.94. The van der Waals surface area contributed by atoms with E-state index in [-0.39, 0.29) is 17.4 Å². The van der Waals surface area contributed by atoms with Gasteiger partial charge in [0.25, 0.3) is 5.91 Å². The van der Waals surface area contributed by atoms with Crippen LogP contribution in [-0.2, 0) is 4.84 Å². The van der Waals surface area contributed by atoms with Crippen molar-refractivity contribution in [3.8, 4) is 0 Å². The highest BCUT2D eigenvalue weighted by Crippen LogP contribution is 2.24. The van der Waals surface area contributed by atoms with Crippen LogP contribution in [0.15, 0.2) is 18.2 Å². The van der Waals surface area contributed by atoms with E-state index < -0.39 is 0 Å². The van der Waals surface area contributed by atoms with E-state index in [2.05, 4.69) is 57.2 Å². The maximum Gasteiger partial charge on any atom is 0.274 e. The van der Waals surface area contributed by atoms with Gasteiger partial charge in [-0.1, -0.05) is 26.8 Å². The number of carbonyl (C=O) groups is 1. The molecule has 1 amide bonds. The first kappa shape index (κ1) is 23.7. The molecule has 1 aliphatic heterocycles. The Bertz CT molecular complexity index is 938. The van der Waals surface area contributed by atoms with E-state index in [1.807, 2.05) is 24.9 Å². The van der Waals surface area contributed by atoms with Crippen LogP contribution in [0.1, 0.15) is 43.1 Å². The van der Waals surface area contributed by atoms with Crippen LogP contribution < -0.4 is 26.3 Å². The molecule has 0 radical (unpaired) electrons. The zero-order valence-corrected chi connectivity index (χ0v) is 19.7. The molecule has 3 rings (SSSR count). The third-order valence-electron chi connectivity index (χ3n) is 5.01. The number of anilines is 4. The van der Waals surface area contributed by atoms with Crippen molar-refractivity contribution in [2.24, 2.45) is 5.41 Å². The highest BCUT2D eigenvalue weighted by Gasteiger charge is 2.20. The van der Waals surface area contributed by atoms with Gasteiger partial charge in [0.05, 0.1) is 7.11 Å². The van der Waals surface area contributed by atoms with Crippen LogP contribution in [0.5, 0.6) is 0 Å². The second-order valence-electron chi connectivity index (χ2n) is 9.32. The fraction of sp³-hybridized carbons (Fsp3) is 0.545. The number of hydroxylamine groups is 1. The fourth-order valence-corrected chi connectivity index (χ4v) is 3.57. The summed E-state index contributed by atoms with van der Waals surface area (Å²) in [5.74, 6) is 1.19. The molecule has 1 fully saturated rings. The van der Waals surface area contributed by atoms with E-state index in [9.17, 15) is 4.79 Å². The normalized spacial score (nSPS) is 16.0. The highest BCUT2D eigenvalue weighted by atomic mass is 16.6. The lowest BCUT2D eigenvalue weighted by Gasteiger charge is -2.27. The minimum absolute atomic E-state index is 0.0809. The van der Waals surface area contributed by atoms with Gasteiger partial charge < -0.3 is 20.9 Å².